The first-order valence-corrected chi connectivity index (χ1v) is 7.55. The van der Waals surface area contributed by atoms with Crippen molar-refractivity contribution in [3.8, 4) is 0 Å². The second kappa shape index (κ2) is 4.92. The van der Waals surface area contributed by atoms with Crippen LogP contribution in [0.15, 0.2) is 0 Å². The van der Waals surface area contributed by atoms with E-state index in [0.29, 0.717) is 17.4 Å². The van der Waals surface area contributed by atoms with Crippen LogP contribution in [0.3, 0.4) is 0 Å². The number of rotatable bonds is 1. The van der Waals surface area contributed by atoms with Crippen LogP contribution < -0.4 is 4.90 Å². The van der Waals surface area contributed by atoms with Crippen LogP contribution in [0.5, 0.6) is 0 Å². The van der Waals surface area contributed by atoms with Gasteiger partial charge in [-0.2, -0.15) is 0 Å². The Hall–Kier alpha value is -1.43. The summed E-state index contributed by atoms with van der Waals surface area (Å²) in [6.45, 7) is 3.93. The Kier molecular flexibility index (Phi) is 3.26. The number of aryl methyl sites for hydroxylation is 1. The van der Waals surface area contributed by atoms with E-state index < -0.39 is 0 Å². The molecule has 0 aromatic carbocycles. The first-order valence-electron chi connectivity index (χ1n) is 6.74. The van der Waals surface area contributed by atoms with Gasteiger partial charge in [-0.15, -0.1) is 11.3 Å². The molecule has 2 amide bonds. The largest absolute Gasteiger partial charge is 0.337 e. The summed E-state index contributed by atoms with van der Waals surface area (Å²) in [6.07, 6.45) is 4.03. The lowest BCUT2D eigenvalue weighted by molar-refractivity contribution is -0.116. The van der Waals surface area contributed by atoms with Gasteiger partial charge in [-0.3, -0.25) is 14.5 Å². The van der Waals surface area contributed by atoms with Crippen LogP contribution in [0.25, 0.3) is 0 Å². The molecule has 5 nitrogen and oxygen atoms in total. The van der Waals surface area contributed by atoms with Gasteiger partial charge >= 0.3 is 0 Å². The van der Waals surface area contributed by atoms with Crippen LogP contribution in [0.4, 0.5) is 5.82 Å². The van der Waals surface area contributed by atoms with Crippen LogP contribution in [0.1, 0.15) is 40.9 Å². The van der Waals surface area contributed by atoms with Crippen molar-refractivity contribution in [1.82, 2.24) is 9.88 Å². The molecule has 0 atom stereocenters. The molecule has 2 aliphatic rings. The van der Waals surface area contributed by atoms with Crippen molar-refractivity contribution in [2.24, 2.45) is 0 Å². The number of hydrogen-bond acceptors (Lipinski definition) is 4. The highest BCUT2D eigenvalue weighted by Crippen LogP contribution is 2.32. The fourth-order valence-corrected chi connectivity index (χ4v) is 3.75. The van der Waals surface area contributed by atoms with E-state index in [1.54, 1.807) is 11.8 Å². The van der Waals surface area contributed by atoms with Gasteiger partial charge in [-0.1, -0.05) is 0 Å². The molecule has 0 unspecified atom stereocenters. The number of carbonyl (C=O) groups excluding carboxylic acids is 2. The molecule has 6 heteroatoms. The Morgan fingerprint density at radius 2 is 1.89 bits per heavy atom. The predicted octanol–water partition coefficient (Wildman–Crippen LogP) is 1.68. The molecule has 19 heavy (non-hydrogen) atoms. The van der Waals surface area contributed by atoms with Crippen molar-refractivity contribution in [2.45, 2.75) is 32.6 Å². The molecule has 3 heterocycles. The molecule has 0 spiro atoms. The van der Waals surface area contributed by atoms with E-state index >= 15 is 0 Å². The molecule has 0 saturated carbocycles. The molecule has 0 radical (unpaired) electrons. The number of hydrogen-bond donors (Lipinski definition) is 0. The summed E-state index contributed by atoms with van der Waals surface area (Å²) in [5.41, 5.74) is 0. The summed E-state index contributed by atoms with van der Waals surface area (Å²) in [4.78, 5) is 33.0. The van der Waals surface area contributed by atoms with Gasteiger partial charge in [0.15, 0.2) is 5.01 Å². The quantitative estimate of drug-likeness (QED) is 0.786. The zero-order chi connectivity index (χ0) is 13.4. The van der Waals surface area contributed by atoms with E-state index in [-0.39, 0.29) is 11.8 Å². The predicted molar refractivity (Wildman–Crippen MR) is 73.6 cm³/mol. The zero-order valence-electron chi connectivity index (χ0n) is 11.0. The third-order valence-electron chi connectivity index (χ3n) is 3.67. The van der Waals surface area contributed by atoms with Gasteiger partial charge in [-0.25, -0.2) is 4.98 Å². The molecule has 0 bridgehead atoms. The van der Waals surface area contributed by atoms with Crippen molar-refractivity contribution in [3.63, 3.8) is 0 Å². The zero-order valence-corrected chi connectivity index (χ0v) is 11.8. The molecule has 102 valence electrons. The number of likely N-dealkylation sites (tertiary alicyclic amines) is 1. The minimum Gasteiger partial charge on any atom is -0.337 e. The molecule has 1 saturated heterocycles. The Morgan fingerprint density at radius 3 is 2.58 bits per heavy atom. The minimum atomic E-state index is 0.00595. The highest BCUT2D eigenvalue weighted by molar-refractivity contribution is 7.14. The second-order valence-electron chi connectivity index (χ2n) is 5.04. The fraction of sp³-hybridized carbons (Fsp3) is 0.615. The van der Waals surface area contributed by atoms with Crippen molar-refractivity contribution in [1.29, 1.82) is 0 Å². The van der Waals surface area contributed by atoms with E-state index in [4.69, 9.17) is 0 Å². The molecule has 1 aromatic rings. The van der Waals surface area contributed by atoms with Crippen LogP contribution >= 0.6 is 11.3 Å². The molecule has 0 N–H and O–H groups in total. The highest BCUT2D eigenvalue weighted by Gasteiger charge is 2.29. The number of anilines is 1. The van der Waals surface area contributed by atoms with E-state index in [0.717, 1.165) is 43.6 Å². The lowest BCUT2D eigenvalue weighted by atomic mass is 10.2. The van der Waals surface area contributed by atoms with Crippen molar-refractivity contribution in [2.75, 3.05) is 24.5 Å². The summed E-state index contributed by atoms with van der Waals surface area (Å²) >= 11 is 1.46. The average molecular weight is 279 g/mol. The molecular weight excluding hydrogens is 262 g/mol. The molecular formula is C13H17N3O2S. The van der Waals surface area contributed by atoms with Gasteiger partial charge < -0.3 is 4.90 Å². The first-order chi connectivity index (χ1) is 9.16. The van der Waals surface area contributed by atoms with E-state index in [9.17, 15) is 9.59 Å². The van der Waals surface area contributed by atoms with Crippen molar-refractivity contribution < 1.29 is 9.59 Å². The lowest BCUT2D eigenvalue weighted by Crippen LogP contribution is -2.33. The highest BCUT2D eigenvalue weighted by atomic mass is 32.1. The monoisotopic (exact) mass is 279 g/mol. The number of thiazole rings is 1. The SMILES string of the molecule is CC(=O)N1CCCc2sc(C(=O)N3CCCC3)nc21. The number of carbonyl (C=O) groups is 2. The molecule has 2 aliphatic heterocycles. The van der Waals surface area contributed by atoms with E-state index in [1.165, 1.54) is 11.3 Å². The summed E-state index contributed by atoms with van der Waals surface area (Å²) in [5, 5.41) is 0.542. The first kappa shape index (κ1) is 12.6. The number of aromatic nitrogens is 1. The van der Waals surface area contributed by atoms with Crippen LogP contribution in [0.2, 0.25) is 0 Å². The van der Waals surface area contributed by atoms with Crippen LogP contribution in [0, 0.1) is 0 Å². The van der Waals surface area contributed by atoms with Gasteiger partial charge in [0.05, 0.1) is 0 Å². The molecule has 1 fully saturated rings. The van der Waals surface area contributed by atoms with Crippen molar-refractivity contribution >= 4 is 29.0 Å². The molecule has 1 aromatic heterocycles. The van der Waals surface area contributed by atoms with Gasteiger partial charge in [0, 0.05) is 31.4 Å². The maximum atomic E-state index is 12.3. The Bertz CT molecular complexity index is 520. The van der Waals surface area contributed by atoms with E-state index in [1.807, 2.05) is 4.90 Å². The standard InChI is InChI=1S/C13H17N3O2S/c1-9(17)16-8-4-5-10-11(16)14-12(19-10)13(18)15-6-2-3-7-15/h2-8H2,1H3. The fourth-order valence-electron chi connectivity index (χ4n) is 2.67. The maximum absolute atomic E-state index is 12.3. The van der Waals surface area contributed by atoms with Crippen molar-refractivity contribution in [3.05, 3.63) is 9.88 Å². The summed E-state index contributed by atoms with van der Waals surface area (Å²) in [5.74, 6) is 0.748. The van der Waals surface area contributed by atoms with Gasteiger partial charge in [0.25, 0.3) is 5.91 Å². The molecule has 3 rings (SSSR count). The maximum Gasteiger partial charge on any atom is 0.282 e. The number of nitrogens with zero attached hydrogens (tertiary/aromatic N) is 3. The average Bonchev–Trinajstić information content (AvgIpc) is 3.06. The summed E-state index contributed by atoms with van der Waals surface area (Å²) in [7, 11) is 0. The van der Waals surface area contributed by atoms with Gasteiger partial charge in [0.2, 0.25) is 5.91 Å². The topological polar surface area (TPSA) is 53.5 Å². The normalized spacial score (nSPS) is 18.6. The van der Waals surface area contributed by atoms with E-state index in [2.05, 4.69) is 4.98 Å². The number of amides is 2. The Balaban J connectivity index is 1.88. The van der Waals surface area contributed by atoms with Crippen LogP contribution in [-0.4, -0.2) is 41.3 Å². The summed E-state index contributed by atoms with van der Waals surface area (Å²) < 4.78 is 0. The third-order valence-corrected chi connectivity index (χ3v) is 4.77. The smallest absolute Gasteiger partial charge is 0.282 e. The van der Waals surface area contributed by atoms with Crippen LogP contribution in [-0.2, 0) is 11.2 Å². The molecule has 0 aliphatic carbocycles. The van der Waals surface area contributed by atoms with Gasteiger partial charge in [0.1, 0.15) is 5.82 Å². The Labute approximate surface area is 116 Å². The second-order valence-corrected chi connectivity index (χ2v) is 6.12. The summed E-state index contributed by atoms with van der Waals surface area (Å²) in [6, 6.07) is 0. The third kappa shape index (κ3) is 2.25. The number of fused-ring (bicyclic) bond motifs is 1. The Morgan fingerprint density at radius 1 is 1.16 bits per heavy atom. The lowest BCUT2D eigenvalue weighted by Gasteiger charge is -2.23. The van der Waals surface area contributed by atoms with Gasteiger partial charge in [-0.05, 0) is 25.7 Å². The minimum absolute atomic E-state index is 0.00595.